The first-order valence-electron chi connectivity index (χ1n) is 7.53. The van der Waals surface area contributed by atoms with Gasteiger partial charge in [-0.05, 0) is 48.9 Å². The maximum Gasteiger partial charge on any atom is 0.118 e. The molecule has 0 saturated heterocycles. The summed E-state index contributed by atoms with van der Waals surface area (Å²) >= 11 is 0. The Bertz CT molecular complexity index is 793. The molecule has 0 amide bonds. The van der Waals surface area contributed by atoms with Crippen LogP contribution < -0.4 is 4.74 Å². The maximum absolute atomic E-state index is 9.56. The fraction of sp³-hybridized carbons (Fsp3) is 0.150. The van der Waals surface area contributed by atoms with Gasteiger partial charge in [-0.3, -0.25) is 0 Å². The summed E-state index contributed by atoms with van der Waals surface area (Å²) in [5.41, 5.74) is 5.80. The van der Waals surface area contributed by atoms with Crippen LogP contribution in [0.3, 0.4) is 0 Å². The predicted molar refractivity (Wildman–Crippen MR) is 92.3 cm³/mol. The minimum Gasteiger partial charge on any atom is -0.497 e. The van der Waals surface area contributed by atoms with Crippen molar-refractivity contribution in [2.75, 3.05) is 7.11 Å². The van der Waals surface area contributed by atoms with Gasteiger partial charge < -0.3 is 9.84 Å². The van der Waals surface area contributed by atoms with E-state index in [2.05, 4.69) is 31.2 Å². The number of aryl methyl sites for hydroxylation is 1. The van der Waals surface area contributed by atoms with Gasteiger partial charge in [-0.15, -0.1) is 0 Å². The molecule has 1 N–H and O–H groups in total. The Kier molecular flexibility index (Phi) is 4.40. The standard InChI is InChI=1S/C20H19NO2/c1-14-3-5-16(6-4-14)19-11-15(13-22)12-20(21-19)17-7-9-18(23-2)10-8-17/h3-12,22H,13H2,1-2H3. The molecule has 0 aliphatic carbocycles. The molecule has 0 bridgehead atoms. The van der Waals surface area contributed by atoms with E-state index in [1.54, 1.807) is 7.11 Å². The van der Waals surface area contributed by atoms with Crippen molar-refractivity contribution in [2.45, 2.75) is 13.5 Å². The van der Waals surface area contributed by atoms with Crippen molar-refractivity contribution in [3.8, 4) is 28.3 Å². The minimum atomic E-state index is -0.00939. The van der Waals surface area contributed by atoms with Crippen molar-refractivity contribution in [2.24, 2.45) is 0 Å². The summed E-state index contributed by atoms with van der Waals surface area (Å²) in [5.74, 6) is 0.811. The number of aliphatic hydroxyl groups excluding tert-OH is 1. The zero-order valence-corrected chi connectivity index (χ0v) is 13.3. The molecule has 116 valence electrons. The average Bonchev–Trinajstić information content (AvgIpc) is 2.62. The molecule has 1 aromatic heterocycles. The third-order valence-electron chi connectivity index (χ3n) is 3.80. The van der Waals surface area contributed by atoms with Crippen LogP contribution in [0.1, 0.15) is 11.1 Å². The van der Waals surface area contributed by atoms with E-state index in [-0.39, 0.29) is 6.61 Å². The number of pyridine rings is 1. The van der Waals surface area contributed by atoms with E-state index in [1.807, 2.05) is 36.4 Å². The number of nitrogens with zero attached hydrogens (tertiary/aromatic N) is 1. The second-order valence-electron chi connectivity index (χ2n) is 5.50. The van der Waals surface area contributed by atoms with Crippen molar-refractivity contribution < 1.29 is 9.84 Å². The summed E-state index contributed by atoms with van der Waals surface area (Å²) in [4.78, 5) is 4.76. The average molecular weight is 305 g/mol. The SMILES string of the molecule is COc1ccc(-c2cc(CO)cc(-c3ccc(C)cc3)n2)cc1. The van der Waals surface area contributed by atoms with E-state index in [0.717, 1.165) is 33.8 Å². The number of benzene rings is 2. The van der Waals surface area contributed by atoms with Gasteiger partial charge in [-0.2, -0.15) is 0 Å². The highest BCUT2D eigenvalue weighted by molar-refractivity contribution is 5.68. The van der Waals surface area contributed by atoms with Crippen LogP contribution in [0.2, 0.25) is 0 Å². The van der Waals surface area contributed by atoms with Crippen LogP contribution in [-0.4, -0.2) is 17.2 Å². The van der Waals surface area contributed by atoms with Gasteiger partial charge in [0.2, 0.25) is 0 Å². The topological polar surface area (TPSA) is 42.4 Å². The number of ether oxygens (including phenoxy) is 1. The summed E-state index contributed by atoms with van der Waals surface area (Å²) in [6.07, 6.45) is 0. The molecule has 2 aromatic carbocycles. The Balaban J connectivity index is 2.06. The van der Waals surface area contributed by atoms with Crippen LogP contribution in [0, 0.1) is 6.92 Å². The molecule has 0 aliphatic rings. The van der Waals surface area contributed by atoms with Gasteiger partial charge in [0.1, 0.15) is 5.75 Å². The maximum atomic E-state index is 9.56. The Morgan fingerprint density at radius 1 is 0.870 bits per heavy atom. The van der Waals surface area contributed by atoms with E-state index < -0.39 is 0 Å². The van der Waals surface area contributed by atoms with Crippen molar-refractivity contribution in [3.63, 3.8) is 0 Å². The molecule has 3 aromatic rings. The molecule has 3 heteroatoms. The van der Waals surface area contributed by atoms with E-state index in [9.17, 15) is 5.11 Å². The number of hydrogen-bond acceptors (Lipinski definition) is 3. The van der Waals surface area contributed by atoms with Crippen LogP contribution in [0.25, 0.3) is 22.5 Å². The molecular weight excluding hydrogens is 286 g/mol. The van der Waals surface area contributed by atoms with Gasteiger partial charge in [0, 0.05) is 11.1 Å². The van der Waals surface area contributed by atoms with Gasteiger partial charge in [-0.25, -0.2) is 4.98 Å². The fourth-order valence-corrected chi connectivity index (χ4v) is 2.46. The third-order valence-corrected chi connectivity index (χ3v) is 3.80. The highest BCUT2D eigenvalue weighted by Gasteiger charge is 2.07. The molecule has 0 aliphatic heterocycles. The summed E-state index contributed by atoms with van der Waals surface area (Å²) < 4.78 is 5.19. The van der Waals surface area contributed by atoms with Crippen LogP contribution >= 0.6 is 0 Å². The predicted octanol–water partition coefficient (Wildman–Crippen LogP) is 4.22. The molecule has 0 spiro atoms. The number of rotatable bonds is 4. The van der Waals surface area contributed by atoms with Gasteiger partial charge >= 0.3 is 0 Å². The van der Waals surface area contributed by atoms with E-state index in [1.165, 1.54) is 5.56 Å². The number of hydrogen-bond donors (Lipinski definition) is 1. The Hall–Kier alpha value is -2.65. The Morgan fingerprint density at radius 2 is 1.39 bits per heavy atom. The highest BCUT2D eigenvalue weighted by Crippen LogP contribution is 2.26. The second kappa shape index (κ2) is 6.63. The van der Waals surface area contributed by atoms with Crippen LogP contribution in [0.4, 0.5) is 0 Å². The number of aromatic nitrogens is 1. The normalized spacial score (nSPS) is 10.6. The minimum absolute atomic E-state index is 0.00939. The summed E-state index contributed by atoms with van der Waals surface area (Å²) in [5, 5.41) is 9.56. The zero-order chi connectivity index (χ0) is 16.2. The zero-order valence-electron chi connectivity index (χ0n) is 13.3. The van der Waals surface area contributed by atoms with Crippen LogP contribution in [0.5, 0.6) is 5.75 Å². The molecule has 23 heavy (non-hydrogen) atoms. The van der Waals surface area contributed by atoms with Crippen molar-refractivity contribution >= 4 is 0 Å². The summed E-state index contributed by atoms with van der Waals surface area (Å²) in [7, 11) is 1.65. The van der Waals surface area contributed by atoms with Gasteiger partial charge in [0.25, 0.3) is 0 Å². The fourth-order valence-electron chi connectivity index (χ4n) is 2.46. The lowest BCUT2D eigenvalue weighted by molar-refractivity contribution is 0.282. The smallest absolute Gasteiger partial charge is 0.118 e. The molecule has 0 unspecified atom stereocenters. The molecule has 0 atom stereocenters. The van der Waals surface area contributed by atoms with Gasteiger partial charge in [0.15, 0.2) is 0 Å². The van der Waals surface area contributed by atoms with Crippen LogP contribution in [-0.2, 0) is 6.61 Å². The molecule has 3 nitrogen and oxygen atoms in total. The first-order valence-corrected chi connectivity index (χ1v) is 7.53. The Morgan fingerprint density at radius 3 is 1.87 bits per heavy atom. The quantitative estimate of drug-likeness (QED) is 0.784. The number of aliphatic hydroxyl groups is 1. The molecular formula is C20H19NO2. The van der Waals surface area contributed by atoms with E-state index >= 15 is 0 Å². The van der Waals surface area contributed by atoms with Crippen molar-refractivity contribution in [1.82, 2.24) is 4.98 Å². The first kappa shape index (κ1) is 15.3. The highest BCUT2D eigenvalue weighted by atomic mass is 16.5. The van der Waals surface area contributed by atoms with Crippen molar-refractivity contribution in [1.29, 1.82) is 0 Å². The molecule has 0 radical (unpaired) electrons. The first-order chi connectivity index (χ1) is 11.2. The van der Waals surface area contributed by atoms with Gasteiger partial charge in [0.05, 0.1) is 25.1 Å². The molecule has 0 saturated carbocycles. The van der Waals surface area contributed by atoms with Gasteiger partial charge in [-0.1, -0.05) is 29.8 Å². The third kappa shape index (κ3) is 3.41. The Labute approximate surface area is 136 Å². The summed E-state index contributed by atoms with van der Waals surface area (Å²) in [6.45, 7) is 2.05. The molecule has 0 fully saturated rings. The lowest BCUT2D eigenvalue weighted by Crippen LogP contribution is -1.93. The van der Waals surface area contributed by atoms with Crippen LogP contribution in [0.15, 0.2) is 60.7 Å². The monoisotopic (exact) mass is 305 g/mol. The second-order valence-corrected chi connectivity index (χ2v) is 5.50. The van der Waals surface area contributed by atoms with E-state index in [4.69, 9.17) is 9.72 Å². The lowest BCUT2D eigenvalue weighted by Gasteiger charge is -2.09. The number of methoxy groups -OCH3 is 1. The van der Waals surface area contributed by atoms with Crippen molar-refractivity contribution in [3.05, 3.63) is 71.8 Å². The van der Waals surface area contributed by atoms with E-state index in [0.29, 0.717) is 0 Å². The summed E-state index contributed by atoms with van der Waals surface area (Å²) in [6, 6.07) is 19.8. The molecule has 3 rings (SSSR count). The lowest BCUT2D eigenvalue weighted by atomic mass is 10.0. The largest absolute Gasteiger partial charge is 0.497 e. The molecule has 1 heterocycles.